The summed E-state index contributed by atoms with van der Waals surface area (Å²) in [5.41, 5.74) is 5.12. The number of amides is 5. The monoisotopic (exact) mass is 440 g/mol. The standard InChI is InChI=1S/C22H24N4O6/c1-13(27)24-16-6-8-18(9-7-16)32-12-17(28)11-26-20(30)22(2,25-21(26)31)15-5-3-4-14(10-15)19(23)29/h3-10,17,28H,11-12H2,1-2H3,(H2,23,29)(H,24,27)(H,25,31). The Morgan fingerprint density at radius 2 is 1.91 bits per heavy atom. The molecule has 5 amide bonds. The van der Waals surface area contributed by atoms with E-state index in [1.165, 1.54) is 26.0 Å². The Bertz CT molecular complexity index is 1050. The topological polar surface area (TPSA) is 151 Å². The number of nitrogens with two attached hydrogens (primary N) is 1. The number of hydrogen-bond acceptors (Lipinski definition) is 6. The summed E-state index contributed by atoms with van der Waals surface area (Å²) >= 11 is 0. The molecule has 1 fully saturated rings. The van der Waals surface area contributed by atoms with Crippen molar-refractivity contribution in [1.29, 1.82) is 0 Å². The Labute approximate surface area is 184 Å². The van der Waals surface area contributed by atoms with Crippen LogP contribution < -0.4 is 21.1 Å². The van der Waals surface area contributed by atoms with Gasteiger partial charge in [0.2, 0.25) is 11.8 Å². The van der Waals surface area contributed by atoms with Crippen molar-refractivity contribution < 1.29 is 29.0 Å². The summed E-state index contributed by atoms with van der Waals surface area (Å²) in [5.74, 6) is -0.968. The number of aliphatic hydroxyl groups excluding tert-OH is 1. The second-order valence-corrected chi connectivity index (χ2v) is 7.59. The van der Waals surface area contributed by atoms with E-state index in [2.05, 4.69) is 10.6 Å². The fourth-order valence-electron chi connectivity index (χ4n) is 3.34. The van der Waals surface area contributed by atoms with Crippen LogP contribution in [0.2, 0.25) is 0 Å². The van der Waals surface area contributed by atoms with Gasteiger partial charge in [-0.05, 0) is 48.9 Å². The SMILES string of the molecule is CC(=O)Nc1ccc(OCC(O)CN2C(=O)NC(C)(c3cccc(C(N)=O)c3)C2=O)cc1. The average molecular weight is 440 g/mol. The molecule has 32 heavy (non-hydrogen) atoms. The first-order valence-corrected chi connectivity index (χ1v) is 9.83. The number of nitrogens with zero attached hydrogens (tertiary/aromatic N) is 1. The lowest BCUT2D eigenvalue weighted by Gasteiger charge is -2.23. The van der Waals surface area contributed by atoms with Crippen molar-refractivity contribution in [2.24, 2.45) is 5.73 Å². The lowest BCUT2D eigenvalue weighted by atomic mass is 9.90. The molecule has 0 saturated carbocycles. The predicted molar refractivity (Wildman–Crippen MR) is 115 cm³/mol. The summed E-state index contributed by atoms with van der Waals surface area (Å²) in [6.45, 7) is 2.48. The fourth-order valence-corrected chi connectivity index (χ4v) is 3.34. The molecule has 0 bridgehead atoms. The number of primary amides is 1. The molecule has 5 N–H and O–H groups in total. The van der Waals surface area contributed by atoms with Gasteiger partial charge in [-0.25, -0.2) is 4.79 Å². The summed E-state index contributed by atoms with van der Waals surface area (Å²) in [6.07, 6.45) is -1.14. The van der Waals surface area contributed by atoms with Crippen LogP contribution in [0.1, 0.15) is 29.8 Å². The molecular weight excluding hydrogens is 416 g/mol. The molecule has 168 valence electrons. The summed E-state index contributed by atoms with van der Waals surface area (Å²) in [4.78, 5) is 48.9. The van der Waals surface area contributed by atoms with Gasteiger partial charge in [-0.1, -0.05) is 12.1 Å². The van der Waals surface area contributed by atoms with E-state index in [4.69, 9.17) is 10.5 Å². The molecule has 0 radical (unpaired) electrons. The quantitative estimate of drug-likeness (QED) is 0.449. The third-order valence-electron chi connectivity index (χ3n) is 5.01. The van der Waals surface area contributed by atoms with Crippen LogP contribution in [0.15, 0.2) is 48.5 Å². The van der Waals surface area contributed by atoms with Crippen LogP contribution in [-0.4, -0.2) is 53.0 Å². The molecule has 0 spiro atoms. The number of benzene rings is 2. The van der Waals surface area contributed by atoms with Gasteiger partial charge in [0.15, 0.2) is 0 Å². The zero-order valence-electron chi connectivity index (χ0n) is 17.6. The number of imide groups is 1. The van der Waals surface area contributed by atoms with E-state index in [-0.39, 0.29) is 24.6 Å². The second-order valence-electron chi connectivity index (χ2n) is 7.59. The second kappa shape index (κ2) is 9.06. The molecule has 1 saturated heterocycles. The maximum Gasteiger partial charge on any atom is 0.325 e. The number of carbonyl (C=O) groups excluding carboxylic acids is 4. The van der Waals surface area contributed by atoms with Gasteiger partial charge in [0.05, 0.1) is 6.54 Å². The number of carbonyl (C=O) groups is 4. The number of urea groups is 1. The number of rotatable bonds is 8. The highest BCUT2D eigenvalue weighted by Gasteiger charge is 2.49. The molecule has 2 atom stereocenters. The van der Waals surface area contributed by atoms with E-state index < -0.39 is 29.5 Å². The Hall–Kier alpha value is -3.92. The number of β-amino-alcohol motifs (C(OH)–C–C–N with tert-alkyl or cyclic N) is 1. The van der Waals surface area contributed by atoms with E-state index in [1.54, 1.807) is 36.4 Å². The normalized spacial score (nSPS) is 18.8. The molecule has 10 nitrogen and oxygen atoms in total. The maximum absolute atomic E-state index is 13.0. The first-order valence-electron chi connectivity index (χ1n) is 9.83. The zero-order chi connectivity index (χ0) is 23.5. The van der Waals surface area contributed by atoms with Gasteiger partial charge in [0.25, 0.3) is 5.91 Å². The first-order chi connectivity index (χ1) is 15.1. The minimum absolute atomic E-state index is 0.162. The zero-order valence-corrected chi connectivity index (χ0v) is 17.6. The highest BCUT2D eigenvalue weighted by Crippen LogP contribution is 2.29. The van der Waals surface area contributed by atoms with Crippen LogP contribution in [0, 0.1) is 0 Å². The lowest BCUT2D eigenvalue weighted by molar-refractivity contribution is -0.132. The van der Waals surface area contributed by atoms with E-state index in [0.29, 0.717) is 17.0 Å². The van der Waals surface area contributed by atoms with E-state index in [1.807, 2.05) is 0 Å². The van der Waals surface area contributed by atoms with Gasteiger partial charge in [0.1, 0.15) is 24.0 Å². The molecule has 2 unspecified atom stereocenters. The Kier molecular flexibility index (Phi) is 6.45. The molecule has 1 heterocycles. The highest BCUT2D eigenvalue weighted by atomic mass is 16.5. The fraction of sp³-hybridized carbons (Fsp3) is 0.273. The first kappa shape index (κ1) is 22.8. The highest BCUT2D eigenvalue weighted by molar-refractivity contribution is 6.07. The van der Waals surface area contributed by atoms with Crippen LogP contribution >= 0.6 is 0 Å². The van der Waals surface area contributed by atoms with Crippen molar-refractivity contribution in [3.05, 3.63) is 59.7 Å². The summed E-state index contributed by atoms with van der Waals surface area (Å²) in [6, 6.07) is 12.0. The summed E-state index contributed by atoms with van der Waals surface area (Å²) in [5, 5.41) is 15.6. The number of hydrogen-bond donors (Lipinski definition) is 4. The van der Waals surface area contributed by atoms with Crippen molar-refractivity contribution >= 4 is 29.4 Å². The minimum atomic E-state index is -1.40. The minimum Gasteiger partial charge on any atom is -0.491 e. The van der Waals surface area contributed by atoms with Crippen LogP contribution in [0.25, 0.3) is 0 Å². The third-order valence-corrected chi connectivity index (χ3v) is 5.01. The van der Waals surface area contributed by atoms with Crippen LogP contribution in [-0.2, 0) is 15.1 Å². The van der Waals surface area contributed by atoms with Gasteiger partial charge < -0.3 is 26.2 Å². The molecular formula is C22H24N4O6. The van der Waals surface area contributed by atoms with Gasteiger partial charge >= 0.3 is 6.03 Å². The van der Waals surface area contributed by atoms with Crippen molar-refractivity contribution in [2.45, 2.75) is 25.5 Å². The molecule has 0 aromatic heterocycles. The number of anilines is 1. The molecule has 1 aliphatic heterocycles. The van der Waals surface area contributed by atoms with Crippen molar-refractivity contribution in [3.8, 4) is 5.75 Å². The largest absolute Gasteiger partial charge is 0.491 e. The molecule has 2 aromatic carbocycles. The summed E-state index contributed by atoms with van der Waals surface area (Å²) in [7, 11) is 0. The van der Waals surface area contributed by atoms with Gasteiger partial charge in [-0.3, -0.25) is 19.3 Å². The molecule has 10 heteroatoms. The molecule has 1 aliphatic rings. The van der Waals surface area contributed by atoms with Crippen LogP contribution in [0.4, 0.5) is 10.5 Å². The smallest absolute Gasteiger partial charge is 0.325 e. The van der Waals surface area contributed by atoms with Crippen LogP contribution in [0.3, 0.4) is 0 Å². The summed E-state index contributed by atoms with van der Waals surface area (Å²) < 4.78 is 5.50. The molecule has 2 aromatic rings. The number of aliphatic hydroxyl groups is 1. The van der Waals surface area contributed by atoms with Gasteiger partial charge in [0, 0.05) is 18.2 Å². The Morgan fingerprint density at radius 1 is 1.22 bits per heavy atom. The van der Waals surface area contributed by atoms with E-state index in [9.17, 15) is 24.3 Å². The number of nitrogens with one attached hydrogen (secondary N) is 2. The van der Waals surface area contributed by atoms with E-state index >= 15 is 0 Å². The third kappa shape index (κ3) is 4.86. The number of ether oxygens (including phenoxy) is 1. The van der Waals surface area contributed by atoms with Gasteiger partial charge in [-0.2, -0.15) is 0 Å². The van der Waals surface area contributed by atoms with Gasteiger partial charge in [-0.15, -0.1) is 0 Å². The maximum atomic E-state index is 13.0. The predicted octanol–water partition coefficient (Wildman–Crippen LogP) is 0.951. The molecule has 3 rings (SSSR count). The van der Waals surface area contributed by atoms with E-state index in [0.717, 1.165) is 4.90 Å². The lowest BCUT2D eigenvalue weighted by Crippen LogP contribution is -2.43. The average Bonchev–Trinajstić information content (AvgIpc) is 2.97. The van der Waals surface area contributed by atoms with Crippen molar-refractivity contribution in [2.75, 3.05) is 18.5 Å². The molecule has 0 aliphatic carbocycles. The van der Waals surface area contributed by atoms with Crippen molar-refractivity contribution in [1.82, 2.24) is 10.2 Å². The Morgan fingerprint density at radius 3 is 2.53 bits per heavy atom. The Balaban J connectivity index is 1.63. The van der Waals surface area contributed by atoms with Crippen LogP contribution in [0.5, 0.6) is 5.75 Å². The van der Waals surface area contributed by atoms with Crippen molar-refractivity contribution in [3.63, 3.8) is 0 Å².